The smallest absolute Gasteiger partial charge is 0.260 e. The molecule has 1 aliphatic rings. The Kier molecular flexibility index (Phi) is 5.73. The second-order valence-corrected chi connectivity index (χ2v) is 6.02. The summed E-state index contributed by atoms with van der Waals surface area (Å²) in [5, 5.41) is 0. The summed E-state index contributed by atoms with van der Waals surface area (Å²) in [6.45, 7) is 2.81. The number of benzene rings is 2. The number of aldehydes is 1. The average Bonchev–Trinajstić information content (AvgIpc) is 2.72. The van der Waals surface area contributed by atoms with Gasteiger partial charge in [-0.15, -0.1) is 0 Å². The molecule has 1 fully saturated rings. The summed E-state index contributed by atoms with van der Waals surface area (Å²) in [4.78, 5) is 27.4. The number of para-hydroxylation sites is 1. The molecule has 3 rings (SSSR count). The van der Waals surface area contributed by atoms with Gasteiger partial charge in [-0.05, 0) is 30.3 Å². The Bertz CT molecular complexity index is 756. The maximum absolute atomic E-state index is 12.4. The Balaban J connectivity index is 1.54. The van der Waals surface area contributed by atoms with Crippen LogP contribution in [0.4, 0.5) is 5.69 Å². The van der Waals surface area contributed by atoms with Crippen molar-refractivity contribution in [3.63, 3.8) is 0 Å². The standard InChI is InChI=1S/C20H22N2O4/c1-25-18-8-7-16(14-23)13-19(18)26-15-20(24)22-11-9-21(10-12-22)17-5-3-2-4-6-17/h2-8,13-14H,9-12,15H2,1H3. The number of carbonyl (C=O) groups is 2. The number of anilines is 1. The van der Waals surface area contributed by atoms with Crippen LogP contribution in [0.3, 0.4) is 0 Å². The van der Waals surface area contributed by atoms with Gasteiger partial charge < -0.3 is 19.3 Å². The molecule has 6 heteroatoms. The van der Waals surface area contributed by atoms with E-state index in [1.165, 1.54) is 12.8 Å². The predicted molar refractivity (Wildman–Crippen MR) is 99.1 cm³/mol. The molecule has 1 saturated heterocycles. The Morgan fingerprint density at radius 1 is 1.04 bits per heavy atom. The molecular weight excluding hydrogens is 332 g/mol. The van der Waals surface area contributed by atoms with E-state index in [0.29, 0.717) is 30.2 Å². The van der Waals surface area contributed by atoms with E-state index in [1.807, 2.05) is 18.2 Å². The van der Waals surface area contributed by atoms with Crippen LogP contribution in [-0.2, 0) is 4.79 Å². The molecule has 0 unspecified atom stereocenters. The Labute approximate surface area is 152 Å². The summed E-state index contributed by atoms with van der Waals surface area (Å²) < 4.78 is 10.8. The lowest BCUT2D eigenvalue weighted by atomic mass is 10.2. The summed E-state index contributed by atoms with van der Waals surface area (Å²) in [5.41, 5.74) is 1.65. The largest absolute Gasteiger partial charge is 0.493 e. The van der Waals surface area contributed by atoms with Gasteiger partial charge in [0.25, 0.3) is 5.91 Å². The van der Waals surface area contributed by atoms with Gasteiger partial charge in [0.05, 0.1) is 7.11 Å². The first-order valence-electron chi connectivity index (χ1n) is 8.55. The van der Waals surface area contributed by atoms with Crippen LogP contribution >= 0.6 is 0 Å². The summed E-state index contributed by atoms with van der Waals surface area (Å²) in [7, 11) is 1.52. The predicted octanol–water partition coefficient (Wildman–Crippen LogP) is 2.24. The van der Waals surface area contributed by atoms with Crippen LogP contribution in [-0.4, -0.2) is 57.0 Å². The first-order chi connectivity index (χ1) is 12.7. The molecule has 0 bridgehead atoms. The minimum absolute atomic E-state index is 0.0729. The van der Waals surface area contributed by atoms with Crippen molar-refractivity contribution < 1.29 is 19.1 Å². The molecule has 0 atom stereocenters. The van der Waals surface area contributed by atoms with Crippen molar-refractivity contribution in [1.82, 2.24) is 4.90 Å². The molecule has 0 radical (unpaired) electrons. The molecule has 0 saturated carbocycles. The molecule has 1 amide bonds. The maximum atomic E-state index is 12.4. The zero-order valence-corrected chi connectivity index (χ0v) is 14.8. The van der Waals surface area contributed by atoms with Crippen molar-refractivity contribution in [2.75, 3.05) is 44.8 Å². The molecule has 0 aromatic heterocycles. The fourth-order valence-electron chi connectivity index (χ4n) is 2.96. The summed E-state index contributed by atoms with van der Waals surface area (Å²) in [6, 6.07) is 15.1. The van der Waals surface area contributed by atoms with Crippen LogP contribution in [0.5, 0.6) is 11.5 Å². The normalized spacial score (nSPS) is 14.0. The zero-order valence-electron chi connectivity index (χ0n) is 14.8. The number of carbonyl (C=O) groups excluding carboxylic acids is 2. The van der Waals surface area contributed by atoms with E-state index < -0.39 is 0 Å². The highest BCUT2D eigenvalue weighted by Crippen LogP contribution is 2.27. The highest BCUT2D eigenvalue weighted by molar-refractivity contribution is 5.79. The van der Waals surface area contributed by atoms with Crippen molar-refractivity contribution in [2.45, 2.75) is 0 Å². The summed E-state index contributed by atoms with van der Waals surface area (Å²) >= 11 is 0. The van der Waals surface area contributed by atoms with E-state index in [9.17, 15) is 9.59 Å². The Morgan fingerprint density at radius 2 is 1.77 bits per heavy atom. The summed E-state index contributed by atoms with van der Waals surface area (Å²) in [5.74, 6) is 0.821. The molecular formula is C20H22N2O4. The molecule has 0 N–H and O–H groups in total. The van der Waals surface area contributed by atoms with Crippen LogP contribution in [0.15, 0.2) is 48.5 Å². The Hall–Kier alpha value is -3.02. The third-order valence-corrected chi connectivity index (χ3v) is 4.43. The fourth-order valence-corrected chi connectivity index (χ4v) is 2.96. The van der Waals surface area contributed by atoms with Crippen molar-refractivity contribution in [3.8, 4) is 11.5 Å². The number of ether oxygens (including phenoxy) is 2. The van der Waals surface area contributed by atoms with Gasteiger partial charge in [-0.3, -0.25) is 9.59 Å². The molecule has 1 aliphatic heterocycles. The topological polar surface area (TPSA) is 59.1 Å². The first-order valence-corrected chi connectivity index (χ1v) is 8.55. The van der Waals surface area contributed by atoms with Gasteiger partial charge in [-0.25, -0.2) is 0 Å². The van der Waals surface area contributed by atoms with Gasteiger partial charge in [0.15, 0.2) is 18.1 Å². The van der Waals surface area contributed by atoms with Crippen molar-refractivity contribution >= 4 is 17.9 Å². The highest BCUT2D eigenvalue weighted by atomic mass is 16.5. The lowest BCUT2D eigenvalue weighted by molar-refractivity contribution is -0.133. The second-order valence-electron chi connectivity index (χ2n) is 6.02. The molecule has 2 aromatic rings. The van der Waals surface area contributed by atoms with E-state index >= 15 is 0 Å². The molecule has 136 valence electrons. The number of nitrogens with zero attached hydrogens (tertiary/aromatic N) is 2. The number of amides is 1. The molecule has 2 aromatic carbocycles. The quantitative estimate of drug-likeness (QED) is 0.745. The van der Waals surface area contributed by atoms with Crippen LogP contribution < -0.4 is 14.4 Å². The molecule has 6 nitrogen and oxygen atoms in total. The highest BCUT2D eigenvalue weighted by Gasteiger charge is 2.22. The van der Waals surface area contributed by atoms with E-state index in [0.717, 1.165) is 19.4 Å². The number of hydrogen-bond donors (Lipinski definition) is 0. The minimum Gasteiger partial charge on any atom is -0.493 e. The van der Waals surface area contributed by atoms with E-state index in [4.69, 9.17) is 9.47 Å². The number of rotatable bonds is 6. The monoisotopic (exact) mass is 354 g/mol. The third-order valence-electron chi connectivity index (χ3n) is 4.43. The van der Waals surface area contributed by atoms with Gasteiger partial charge in [0, 0.05) is 37.4 Å². The lowest BCUT2D eigenvalue weighted by Crippen LogP contribution is -2.50. The number of hydrogen-bond acceptors (Lipinski definition) is 5. The SMILES string of the molecule is COc1ccc(C=O)cc1OCC(=O)N1CCN(c2ccccc2)CC1. The van der Waals surface area contributed by atoms with Crippen LogP contribution in [0.25, 0.3) is 0 Å². The number of methoxy groups -OCH3 is 1. The summed E-state index contributed by atoms with van der Waals surface area (Å²) in [6.07, 6.45) is 0.733. The van der Waals surface area contributed by atoms with Gasteiger partial charge in [0.1, 0.15) is 6.29 Å². The number of piperazine rings is 1. The van der Waals surface area contributed by atoms with Gasteiger partial charge in [0.2, 0.25) is 0 Å². The molecule has 1 heterocycles. The zero-order chi connectivity index (χ0) is 18.4. The van der Waals surface area contributed by atoms with Crippen LogP contribution in [0.2, 0.25) is 0 Å². The molecule has 0 aliphatic carbocycles. The van der Waals surface area contributed by atoms with Gasteiger partial charge in [-0.1, -0.05) is 18.2 Å². The molecule has 26 heavy (non-hydrogen) atoms. The van der Waals surface area contributed by atoms with E-state index in [1.54, 1.807) is 23.1 Å². The minimum atomic E-state index is -0.0794. The van der Waals surface area contributed by atoms with E-state index in [2.05, 4.69) is 17.0 Å². The van der Waals surface area contributed by atoms with Gasteiger partial charge >= 0.3 is 0 Å². The van der Waals surface area contributed by atoms with E-state index in [-0.39, 0.29) is 12.5 Å². The maximum Gasteiger partial charge on any atom is 0.260 e. The van der Waals surface area contributed by atoms with Crippen molar-refractivity contribution in [3.05, 3.63) is 54.1 Å². The van der Waals surface area contributed by atoms with Crippen molar-refractivity contribution in [2.24, 2.45) is 0 Å². The Morgan fingerprint density at radius 3 is 2.42 bits per heavy atom. The second kappa shape index (κ2) is 8.38. The third kappa shape index (κ3) is 4.14. The fraction of sp³-hybridized carbons (Fsp3) is 0.300. The average molecular weight is 354 g/mol. The first kappa shape index (κ1) is 17.8. The molecule has 0 spiro atoms. The lowest BCUT2D eigenvalue weighted by Gasteiger charge is -2.36. The van der Waals surface area contributed by atoms with Crippen LogP contribution in [0, 0.1) is 0 Å². The van der Waals surface area contributed by atoms with Crippen molar-refractivity contribution in [1.29, 1.82) is 0 Å². The van der Waals surface area contributed by atoms with Crippen LogP contribution in [0.1, 0.15) is 10.4 Å². The van der Waals surface area contributed by atoms with Gasteiger partial charge in [-0.2, -0.15) is 0 Å².